The maximum absolute atomic E-state index is 8.88. The second-order valence-corrected chi connectivity index (χ2v) is 4.36. The first-order valence-corrected chi connectivity index (χ1v) is 6.40. The molecule has 0 heterocycles. The Morgan fingerprint density at radius 1 is 1.05 bits per heavy atom. The van der Waals surface area contributed by atoms with Crippen molar-refractivity contribution in [2.45, 2.75) is 20.3 Å². The molecule has 4 heteroatoms. The molecule has 0 aliphatic rings. The second-order valence-electron chi connectivity index (χ2n) is 4.36. The van der Waals surface area contributed by atoms with Crippen molar-refractivity contribution in [3.63, 3.8) is 0 Å². The minimum Gasteiger partial charge on any atom is -0.493 e. The van der Waals surface area contributed by atoms with Crippen LogP contribution in [0.1, 0.15) is 23.1 Å². The Labute approximate surface area is 114 Å². The first-order valence-electron chi connectivity index (χ1n) is 6.40. The fraction of sp³-hybridized carbons (Fsp3) is 0.533. The molecular formula is C15H21NO3. The Balaban J connectivity index is 2.36. The Bertz CT molecular complexity index is 415. The number of ether oxygens (including phenoxy) is 3. The molecule has 0 unspecified atom stereocenters. The van der Waals surface area contributed by atoms with Crippen LogP contribution in [-0.4, -0.2) is 33.5 Å². The molecule has 1 aromatic carbocycles. The molecule has 0 saturated carbocycles. The third-order valence-electron chi connectivity index (χ3n) is 2.70. The van der Waals surface area contributed by atoms with Crippen LogP contribution < -0.4 is 4.74 Å². The van der Waals surface area contributed by atoms with E-state index >= 15 is 0 Å². The number of methoxy groups -OCH3 is 1. The third kappa shape index (κ3) is 5.29. The smallest absolute Gasteiger partial charge is 0.125 e. The number of aryl methyl sites for hydroxylation is 2. The van der Waals surface area contributed by atoms with Crippen molar-refractivity contribution >= 4 is 0 Å². The van der Waals surface area contributed by atoms with Gasteiger partial charge in [-0.25, -0.2) is 0 Å². The summed E-state index contributed by atoms with van der Waals surface area (Å²) in [5.74, 6) is 0.871. The molecule has 0 fully saturated rings. The van der Waals surface area contributed by atoms with E-state index < -0.39 is 0 Å². The largest absolute Gasteiger partial charge is 0.493 e. The summed E-state index contributed by atoms with van der Waals surface area (Å²) in [6.07, 6.45) is 0.836. The van der Waals surface area contributed by atoms with Gasteiger partial charge >= 0.3 is 0 Å². The minimum absolute atomic E-state index is 0.612. The van der Waals surface area contributed by atoms with Crippen LogP contribution in [-0.2, 0) is 9.47 Å². The van der Waals surface area contributed by atoms with Crippen molar-refractivity contribution in [3.8, 4) is 11.8 Å². The minimum atomic E-state index is 0.612. The number of rotatable bonds is 8. The monoisotopic (exact) mass is 263 g/mol. The maximum Gasteiger partial charge on any atom is 0.125 e. The molecule has 0 aromatic heterocycles. The van der Waals surface area contributed by atoms with Crippen molar-refractivity contribution < 1.29 is 14.2 Å². The maximum atomic E-state index is 8.88. The lowest BCUT2D eigenvalue weighted by atomic mass is 10.1. The van der Waals surface area contributed by atoms with Gasteiger partial charge in [0.05, 0.1) is 31.5 Å². The lowest BCUT2D eigenvalue weighted by Crippen LogP contribution is -2.07. The van der Waals surface area contributed by atoms with Crippen molar-refractivity contribution in [2.75, 3.05) is 33.5 Å². The van der Waals surface area contributed by atoms with E-state index in [1.807, 2.05) is 26.0 Å². The van der Waals surface area contributed by atoms with E-state index in [0.29, 0.717) is 32.0 Å². The first-order chi connectivity index (χ1) is 9.19. The van der Waals surface area contributed by atoms with Gasteiger partial charge in [0.1, 0.15) is 5.75 Å². The van der Waals surface area contributed by atoms with Gasteiger partial charge < -0.3 is 14.2 Å². The summed E-state index contributed by atoms with van der Waals surface area (Å²) in [5.41, 5.74) is 2.67. The zero-order valence-corrected chi connectivity index (χ0v) is 11.9. The van der Waals surface area contributed by atoms with Crippen LogP contribution in [0.3, 0.4) is 0 Å². The van der Waals surface area contributed by atoms with Gasteiger partial charge in [-0.2, -0.15) is 5.26 Å². The van der Waals surface area contributed by atoms with Gasteiger partial charge in [-0.05, 0) is 37.1 Å². The Morgan fingerprint density at radius 2 is 1.74 bits per heavy atom. The SMILES string of the molecule is COCCOCCCOc1c(C)cc(C#N)cc1C. The van der Waals surface area contributed by atoms with Gasteiger partial charge in [-0.3, -0.25) is 0 Å². The van der Waals surface area contributed by atoms with E-state index in [1.165, 1.54) is 0 Å². The fourth-order valence-electron chi connectivity index (χ4n) is 1.82. The van der Waals surface area contributed by atoms with Gasteiger partial charge in [-0.15, -0.1) is 0 Å². The highest BCUT2D eigenvalue weighted by atomic mass is 16.5. The summed E-state index contributed by atoms with van der Waals surface area (Å²) in [7, 11) is 1.66. The van der Waals surface area contributed by atoms with Crippen LogP contribution in [0.2, 0.25) is 0 Å². The molecule has 0 saturated heterocycles. The molecule has 0 aliphatic heterocycles. The van der Waals surface area contributed by atoms with Crippen molar-refractivity contribution in [1.82, 2.24) is 0 Å². The van der Waals surface area contributed by atoms with E-state index in [1.54, 1.807) is 7.11 Å². The van der Waals surface area contributed by atoms with E-state index in [0.717, 1.165) is 23.3 Å². The summed E-state index contributed by atoms with van der Waals surface area (Å²) in [6.45, 7) is 6.43. The summed E-state index contributed by atoms with van der Waals surface area (Å²) >= 11 is 0. The van der Waals surface area contributed by atoms with Gasteiger partial charge in [0.25, 0.3) is 0 Å². The van der Waals surface area contributed by atoms with Crippen LogP contribution in [0.15, 0.2) is 12.1 Å². The predicted molar refractivity (Wildman–Crippen MR) is 73.4 cm³/mol. The average molecular weight is 263 g/mol. The zero-order chi connectivity index (χ0) is 14.1. The van der Waals surface area contributed by atoms with Crippen LogP contribution in [0, 0.1) is 25.2 Å². The number of nitriles is 1. The van der Waals surface area contributed by atoms with E-state index in [9.17, 15) is 0 Å². The van der Waals surface area contributed by atoms with Gasteiger partial charge in [-0.1, -0.05) is 0 Å². The molecular weight excluding hydrogens is 242 g/mol. The molecule has 104 valence electrons. The van der Waals surface area contributed by atoms with Crippen molar-refractivity contribution in [1.29, 1.82) is 5.26 Å². The van der Waals surface area contributed by atoms with E-state index in [-0.39, 0.29) is 0 Å². The molecule has 0 spiro atoms. The van der Waals surface area contributed by atoms with Gasteiger partial charge in [0.15, 0.2) is 0 Å². The average Bonchev–Trinajstić information content (AvgIpc) is 2.40. The predicted octanol–water partition coefficient (Wildman–Crippen LogP) is 2.61. The molecule has 1 rings (SSSR count). The van der Waals surface area contributed by atoms with Gasteiger partial charge in [0.2, 0.25) is 0 Å². The molecule has 1 aromatic rings. The molecule has 19 heavy (non-hydrogen) atoms. The summed E-state index contributed by atoms with van der Waals surface area (Å²) in [6, 6.07) is 5.83. The Hall–Kier alpha value is -1.57. The summed E-state index contributed by atoms with van der Waals surface area (Å²) < 4.78 is 16.0. The second kappa shape index (κ2) is 8.52. The molecule has 0 bridgehead atoms. The number of hydrogen-bond acceptors (Lipinski definition) is 4. The summed E-state index contributed by atoms with van der Waals surface area (Å²) in [5, 5.41) is 8.88. The zero-order valence-electron chi connectivity index (χ0n) is 11.9. The highest BCUT2D eigenvalue weighted by Gasteiger charge is 2.06. The molecule has 0 radical (unpaired) electrons. The number of nitrogens with zero attached hydrogens (tertiary/aromatic N) is 1. The fourth-order valence-corrected chi connectivity index (χ4v) is 1.82. The molecule has 0 atom stereocenters. The normalized spacial score (nSPS) is 10.2. The van der Waals surface area contributed by atoms with Crippen molar-refractivity contribution in [2.24, 2.45) is 0 Å². The lowest BCUT2D eigenvalue weighted by Gasteiger charge is -2.12. The number of benzene rings is 1. The van der Waals surface area contributed by atoms with Crippen LogP contribution >= 0.6 is 0 Å². The first kappa shape index (κ1) is 15.5. The van der Waals surface area contributed by atoms with Gasteiger partial charge in [0, 0.05) is 20.1 Å². The standard InChI is InChI=1S/C15H21NO3/c1-12-9-14(11-16)10-13(2)15(12)19-6-4-5-18-8-7-17-3/h9-10H,4-8H2,1-3H3. The number of hydrogen-bond donors (Lipinski definition) is 0. The van der Waals surface area contributed by atoms with Crippen LogP contribution in [0.25, 0.3) is 0 Å². The highest BCUT2D eigenvalue weighted by Crippen LogP contribution is 2.24. The Kier molecular flexibility index (Phi) is 6.94. The van der Waals surface area contributed by atoms with Crippen LogP contribution in [0.4, 0.5) is 0 Å². The quantitative estimate of drug-likeness (QED) is 0.676. The van der Waals surface area contributed by atoms with Crippen molar-refractivity contribution in [3.05, 3.63) is 28.8 Å². The topological polar surface area (TPSA) is 51.5 Å². The molecule has 0 aliphatic carbocycles. The summed E-state index contributed by atoms with van der Waals surface area (Å²) in [4.78, 5) is 0. The third-order valence-corrected chi connectivity index (χ3v) is 2.70. The Morgan fingerprint density at radius 3 is 2.32 bits per heavy atom. The lowest BCUT2D eigenvalue weighted by molar-refractivity contribution is 0.0643. The molecule has 0 N–H and O–H groups in total. The van der Waals surface area contributed by atoms with E-state index in [4.69, 9.17) is 19.5 Å². The highest BCUT2D eigenvalue weighted by molar-refractivity contribution is 5.47. The van der Waals surface area contributed by atoms with E-state index in [2.05, 4.69) is 6.07 Å². The van der Waals surface area contributed by atoms with Crippen LogP contribution in [0.5, 0.6) is 5.75 Å². The molecule has 4 nitrogen and oxygen atoms in total. The molecule has 0 amide bonds.